The third-order valence-electron chi connectivity index (χ3n) is 16.5. The van der Waals surface area contributed by atoms with Crippen LogP contribution < -0.4 is 69.1 Å². The van der Waals surface area contributed by atoms with Crippen molar-refractivity contribution in [3.05, 3.63) is 475 Å². The van der Waals surface area contributed by atoms with Crippen molar-refractivity contribution in [2.45, 2.75) is 7.43 Å². The van der Waals surface area contributed by atoms with Crippen LogP contribution in [0.25, 0.3) is 11.3 Å². The molecule has 2 heterocycles. The van der Waals surface area contributed by atoms with Crippen molar-refractivity contribution < 1.29 is 50.3 Å². The zero-order chi connectivity index (χ0) is 78.3. The summed E-state index contributed by atoms with van der Waals surface area (Å²) in [4.78, 5) is 28.9. The molecule has 2 aromatic heterocycles. The molecule has 0 unspecified atom stereocenters. The van der Waals surface area contributed by atoms with E-state index in [0.29, 0.717) is 20.9 Å². The first-order valence-electron chi connectivity index (χ1n) is 35.6. The van der Waals surface area contributed by atoms with E-state index in [1.165, 1.54) is 100 Å². The van der Waals surface area contributed by atoms with Crippen molar-refractivity contribution in [2.75, 3.05) is 0 Å². The third-order valence-corrected chi connectivity index (χ3v) is 27.3. The molecule has 0 aliphatic carbocycles. The number of aromatic carboxylic acids is 2. The maximum atomic E-state index is 10.7. The minimum absolute atomic E-state index is 0. The maximum absolute atomic E-state index is 10.7. The van der Waals surface area contributed by atoms with Crippen molar-refractivity contribution in [3.8, 4) is 11.3 Å². The topological polar surface area (TPSA) is 141 Å². The summed E-state index contributed by atoms with van der Waals surface area (Å²) >= 11 is 17.0. The molecule has 114 heavy (non-hydrogen) atoms. The van der Waals surface area contributed by atoms with Gasteiger partial charge in [-0.3, -0.25) is 4.98 Å². The van der Waals surface area contributed by atoms with Crippen molar-refractivity contribution in [1.29, 1.82) is 0 Å². The van der Waals surface area contributed by atoms with Crippen LogP contribution in [-0.2, 0) is 20.4 Å². The van der Waals surface area contributed by atoms with Gasteiger partial charge >= 0.3 is 19.1 Å². The van der Waals surface area contributed by atoms with Crippen LogP contribution in [0, 0.1) is 0 Å². The average molecular weight is 1720 g/mol. The van der Waals surface area contributed by atoms with Gasteiger partial charge in [-0.25, -0.2) is 14.6 Å². The summed E-state index contributed by atoms with van der Waals surface area (Å²) in [6.07, 6.45) is 3.24. The fourth-order valence-electron chi connectivity index (χ4n) is 11.2. The number of carboxylic acid groups (broad SMARTS) is 2. The number of pyridine rings is 2. The van der Waals surface area contributed by atoms with Crippen LogP contribution in [0.5, 0.6) is 0 Å². The molecule has 570 valence electrons. The summed E-state index contributed by atoms with van der Waals surface area (Å²) in [5, 5.41) is 52.7. The number of nitrogens with zero attached hydrogens (tertiary/aromatic N) is 2. The minimum atomic E-state index is -1.55. The van der Waals surface area contributed by atoms with E-state index in [1.54, 1.807) is 48.8 Å². The fourth-order valence-corrected chi connectivity index (χ4v) is 20.9. The average Bonchev–Trinajstić information content (AvgIpc) is 0.822. The Morgan fingerprint density at radius 3 is 0.614 bits per heavy atom. The number of carbonyl (C=O) groups is 2. The Hall–Kier alpha value is -10.4. The predicted octanol–water partition coefficient (Wildman–Crippen LogP) is 19.0. The Bertz CT molecular complexity index is 4480. The second-order valence-electron chi connectivity index (χ2n) is 24.2. The molecule has 14 aromatic carbocycles. The van der Waals surface area contributed by atoms with Gasteiger partial charge in [-0.05, 0) is 149 Å². The molecule has 0 bridgehead atoms. The Kier molecular flexibility index (Phi) is 38.5. The van der Waals surface area contributed by atoms with E-state index in [-0.39, 0.29) is 44.4 Å². The number of halogens is 3. The Morgan fingerprint density at radius 2 is 0.447 bits per heavy atom. The second kappa shape index (κ2) is 49.2. The van der Waals surface area contributed by atoms with Gasteiger partial charge in [0.05, 0.1) is 26.9 Å². The normalized spacial score (nSPS) is 10.1. The quantitative estimate of drug-likeness (QED) is 0.0426. The summed E-state index contributed by atoms with van der Waals surface area (Å²) < 4.78 is 0. The zero-order valence-corrected chi connectivity index (χ0v) is 68.4. The molecule has 0 amide bonds. The second-order valence-corrected chi connectivity index (χ2v) is 34.2. The molecule has 16 aromatic rings. The van der Waals surface area contributed by atoms with Crippen LogP contribution in [0.3, 0.4) is 0 Å². The van der Waals surface area contributed by atoms with Crippen LogP contribution in [-0.4, -0.2) is 49.3 Å². The van der Waals surface area contributed by atoms with Gasteiger partial charge in [-0.15, -0.1) is 0 Å². The molecule has 0 saturated carbocycles. The number of hydrogen-bond donors (Lipinski definition) is 4. The molecular weight excluding hydrogens is 1640 g/mol. The van der Waals surface area contributed by atoms with E-state index in [9.17, 15) is 9.59 Å². The molecule has 0 aliphatic heterocycles. The molecule has 0 spiro atoms. The SMILES string of the molecule is C.Clc1cccnc1Cl.O=C(O)c1ccc(-c2ncccc2Cl)cc1.O=C(O)c1ccc(B(O)O)cc1.[Pd].c1ccc(P(c2ccccc2)c2ccccc2)cc1.c1ccc(P(c2ccccc2)c2ccccc2)cc1.c1ccc(P(c2ccccc2)c2ccccc2)cc1.c1ccc(P(c2ccccc2)c2ccccc2)cc1. The molecule has 0 radical (unpaired) electrons. The van der Waals surface area contributed by atoms with E-state index >= 15 is 0 Å². The van der Waals surface area contributed by atoms with Crippen molar-refractivity contribution in [2.24, 2.45) is 0 Å². The molecule has 16 rings (SSSR count). The fraction of sp³-hybridized carbons (Fsp3) is 0.0103. The van der Waals surface area contributed by atoms with Crippen molar-refractivity contribution >= 4 is 155 Å². The minimum Gasteiger partial charge on any atom is -0.478 e. The predicted molar refractivity (Wildman–Crippen MR) is 486 cm³/mol. The largest absolute Gasteiger partial charge is 0.488 e. The van der Waals surface area contributed by atoms with Crippen LogP contribution >= 0.6 is 66.5 Å². The Labute approximate surface area is 703 Å². The van der Waals surface area contributed by atoms with E-state index in [0.717, 1.165) is 5.56 Å². The Morgan fingerprint density at radius 1 is 0.254 bits per heavy atom. The van der Waals surface area contributed by atoms with Crippen LogP contribution in [0.1, 0.15) is 28.1 Å². The first-order chi connectivity index (χ1) is 54.9. The molecule has 17 heteroatoms. The third kappa shape index (κ3) is 28.0. The summed E-state index contributed by atoms with van der Waals surface area (Å²) in [6.45, 7) is 0. The van der Waals surface area contributed by atoms with E-state index < -0.39 is 50.7 Å². The summed E-state index contributed by atoms with van der Waals surface area (Å²) in [5.41, 5.74) is 2.10. The van der Waals surface area contributed by atoms with Gasteiger partial charge in [0.2, 0.25) is 0 Å². The van der Waals surface area contributed by atoms with Gasteiger partial charge < -0.3 is 20.3 Å². The molecule has 0 fully saturated rings. The van der Waals surface area contributed by atoms with E-state index in [1.807, 2.05) is 0 Å². The van der Waals surface area contributed by atoms with Gasteiger partial charge in [0.15, 0.2) is 0 Å². The first kappa shape index (κ1) is 89.1. The van der Waals surface area contributed by atoms with Gasteiger partial charge in [0, 0.05) is 38.4 Å². The zero-order valence-electron chi connectivity index (χ0n) is 61.0. The first-order valence-corrected chi connectivity index (χ1v) is 42.1. The molecule has 0 saturated heterocycles. The van der Waals surface area contributed by atoms with E-state index in [2.05, 4.69) is 374 Å². The summed E-state index contributed by atoms with van der Waals surface area (Å²) in [6, 6.07) is 148. The standard InChI is InChI=1S/4C18H15P.C12H8ClNO2.C7H7BO4.C5H3Cl2N.CH4.Pd/c4*1-4-10-16(11-5-1)19(17-12-6-2-7-13-17)18-14-8-3-9-15-18;13-10-2-1-7-14-11(10)8-3-5-9(6-4-8)12(15)16;9-7(10)5-1-3-6(4-2-5)8(11)12;6-4-2-1-3-8-5(4)7;;/h4*1-15H;1-7H,(H,15,16);1-4,11-12H,(H,9,10);1-3H;1H4;. The van der Waals surface area contributed by atoms with Crippen LogP contribution in [0.2, 0.25) is 15.2 Å². The summed E-state index contributed by atoms with van der Waals surface area (Å²) in [5.74, 6) is -1.98. The monoisotopic (exact) mass is 1720 g/mol. The number of carboxylic acids is 2. The van der Waals surface area contributed by atoms with Crippen LogP contribution in [0.4, 0.5) is 0 Å². The number of aromatic nitrogens is 2. The van der Waals surface area contributed by atoms with Gasteiger partial charge in [-0.1, -0.05) is 430 Å². The van der Waals surface area contributed by atoms with Crippen molar-refractivity contribution in [1.82, 2.24) is 9.97 Å². The number of rotatable bonds is 16. The van der Waals surface area contributed by atoms with Gasteiger partial charge in [0.25, 0.3) is 0 Å². The molecule has 0 atom stereocenters. The number of hydrogen-bond acceptors (Lipinski definition) is 6. The van der Waals surface area contributed by atoms with Gasteiger partial charge in [0.1, 0.15) is 5.15 Å². The Balaban J connectivity index is 0.000000168. The van der Waals surface area contributed by atoms with E-state index in [4.69, 9.17) is 55.1 Å². The molecule has 0 aliphatic rings. The summed E-state index contributed by atoms with van der Waals surface area (Å²) in [7, 11) is -3.33. The smallest absolute Gasteiger partial charge is 0.478 e. The van der Waals surface area contributed by atoms with Crippen LogP contribution in [0.15, 0.2) is 449 Å². The van der Waals surface area contributed by atoms with Gasteiger partial charge in [-0.2, -0.15) is 0 Å². The molecule has 8 nitrogen and oxygen atoms in total. The molecule has 4 N–H and O–H groups in total. The number of benzene rings is 14. The maximum Gasteiger partial charge on any atom is 0.488 e. The van der Waals surface area contributed by atoms with Crippen molar-refractivity contribution in [3.63, 3.8) is 0 Å². The molecular formula is C97H82BCl3N2O6P4Pd.